The maximum absolute atomic E-state index is 12.8. The van der Waals surface area contributed by atoms with Gasteiger partial charge < -0.3 is 4.90 Å². The highest BCUT2D eigenvalue weighted by atomic mass is 16.2. The van der Waals surface area contributed by atoms with Gasteiger partial charge in [0, 0.05) is 13.1 Å². The van der Waals surface area contributed by atoms with Gasteiger partial charge in [0.25, 0.3) is 0 Å². The van der Waals surface area contributed by atoms with E-state index in [4.69, 9.17) is 0 Å². The number of carbonyl (C=O) groups excluding carboxylic acids is 1. The molecule has 0 bridgehead atoms. The van der Waals surface area contributed by atoms with Crippen molar-refractivity contribution in [1.82, 2.24) is 4.90 Å². The maximum atomic E-state index is 12.8. The molecule has 1 heterocycles. The highest BCUT2D eigenvalue weighted by Gasteiger charge is 2.55. The minimum Gasteiger partial charge on any atom is -0.342 e. The Hall–Kier alpha value is -0.530. The van der Waals surface area contributed by atoms with Gasteiger partial charge in [-0.05, 0) is 56.3 Å². The lowest BCUT2D eigenvalue weighted by Gasteiger charge is -2.46. The third-order valence-corrected chi connectivity index (χ3v) is 5.80. The van der Waals surface area contributed by atoms with Gasteiger partial charge in [0.15, 0.2) is 0 Å². The Labute approximate surface area is 111 Å². The summed E-state index contributed by atoms with van der Waals surface area (Å²) in [5, 5.41) is 0. The molecule has 2 aliphatic carbocycles. The zero-order chi connectivity index (χ0) is 12.8. The van der Waals surface area contributed by atoms with E-state index < -0.39 is 0 Å². The summed E-state index contributed by atoms with van der Waals surface area (Å²) in [4.78, 5) is 15.0. The minimum atomic E-state index is 0.116. The third kappa shape index (κ3) is 1.98. The second-order valence-corrected chi connectivity index (χ2v) is 7.16. The molecule has 0 aromatic carbocycles. The van der Waals surface area contributed by atoms with Crippen LogP contribution in [0.3, 0.4) is 0 Å². The standard InChI is InChI=1S/C16H27NO/c1-12(2)13-6-10-17(11-7-13)15(18)16(8-3-9-16)14-4-5-14/h12-14H,3-11H2,1-2H3. The molecule has 2 saturated carbocycles. The number of carbonyl (C=O) groups is 1. The molecule has 18 heavy (non-hydrogen) atoms. The fourth-order valence-electron chi connectivity index (χ4n) is 4.07. The van der Waals surface area contributed by atoms with Gasteiger partial charge in [-0.15, -0.1) is 0 Å². The molecule has 3 aliphatic rings. The fraction of sp³-hybridized carbons (Fsp3) is 0.938. The van der Waals surface area contributed by atoms with Crippen molar-refractivity contribution in [2.75, 3.05) is 13.1 Å². The van der Waals surface area contributed by atoms with Crippen molar-refractivity contribution < 1.29 is 4.79 Å². The highest BCUT2D eigenvalue weighted by Crippen LogP contribution is 2.58. The summed E-state index contributed by atoms with van der Waals surface area (Å²) in [6, 6.07) is 0. The average molecular weight is 249 g/mol. The summed E-state index contributed by atoms with van der Waals surface area (Å²) in [5.74, 6) is 2.90. The van der Waals surface area contributed by atoms with Crippen LogP contribution >= 0.6 is 0 Å². The molecule has 0 aromatic rings. The van der Waals surface area contributed by atoms with Gasteiger partial charge in [-0.25, -0.2) is 0 Å². The maximum Gasteiger partial charge on any atom is 0.229 e. The third-order valence-electron chi connectivity index (χ3n) is 5.80. The van der Waals surface area contributed by atoms with Gasteiger partial charge in [0.2, 0.25) is 5.91 Å². The minimum absolute atomic E-state index is 0.116. The van der Waals surface area contributed by atoms with Crippen molar-refractivity contribution in [1.29, 1.82) is 0 Å². The summed E-state index contributed by atoms with van der Waals surface area (Å²) < 4.78 is 0. The van der Waals surface area contributed by atoms with Gasteiger partial charge in [0.1, 0.15) is 0 Å². The van der Waals surface area contributed by atoms with E-state index in [0.717, 1.165) is 30.8 Å². The fourth-order valence-corrected chi connectivity index (χ4v) is 4.07. The first-order valence-electron chi connectivity index (χ1n) is 7.93. The number of amides is 1. The molecule has 2 heteroatoms. The summed E-state index contributed by atoms with van der Waals surface area (Å²) in [7, 11) is 0. The summed E-state index contributed by atoms with van der Waals surface area (Å²) in [6.45, 7) is 6.69. The van der Waals surface area contributed by atoms with Gasteiger partial charge >= 0.3 is 0 Å². The van der Waals surface area contributed by atoms with E-state index in [1.54, 1.807) is 0 Å². The molecule has 1 aliphatic heterocycles. The molecular weight excluding hydrogens is 222 g/mol. The van der Waals surface area contributed by atoms with Crippen molar-refractivity contribution in [3.8, 4) is 0 Å². The number of nitrogens with zero attached hydrogens (tertiary/aromatic N) is 1. The average Bonchev–Trinajstić information content (AvgIpc) is 3.12. The molecule has 0 N–H and O–H groups in total. The molecule has 102 valence electrons. The molecule has 0 unspecified atom stereocenters. The molecule has 0 radical (unpaired) electrons. The van der Waals surface area contributed by atoms with Crippen molar-refractivity contribution >= 4 is 5.91 Å². The van der Waals surface area contributed by atoms with Gasteiger partial charge in [-0.3, -0.25) is 4.79 Å². The second-order valence-electron chi connectivity index (χ2n) is 7.16. The first-order chi connectivity index (χ1) is 8.63. The van der Waals surface area contributed by atoms with Crippen molar-refractivity contribution in [3.05, 3.63) is 0 Å². The van der Waals surface area contributed by atoms with Gasteiger partial charge in [-0.1, -0.05) is 20.3 Å². The van der Waals surface area contributed by atoms with Crippen LogP contribution in [-0.4, -0.2) is 23.9 Å². The lowest BCUT2D eigenvalue weighted by Crippen LogP contribution is -2.51. The van der Waals surface area contributed by atoms with Crippen LogP contribution < -0.4 is 0 Å². The van der Waals surface area contributed by atoms with Crippen molar-refractivity contribution in [3.63, 3.8) is 0 Å². The van der Waals surface area contributed by atoms with Crippen molar-refractivity contribution in [2.24, 2.45) is 23.2 Å². The van der Waals surface area contributed by atoms with Crippen molar-refractivity contribution in [2.45, 2.75) is 58.8 Å². The first kappa shape index (κ1) is 12.5. The molecule has 3 fully saturated rings. The van der Waals surface area contributed by atoms with Crippen LogP contribution in [0.4, 0.5) is 0 Å². The molecule has 1 amide bonds. The van der Waals surface area contributed by atoms with Crippen LogP contribution in [0.2, 0.25) is 0 Å². The number of hydrogen-bond acceptors (Lipinski definition) is 1. The van der Waals surface area contributed by atoms with E-state index in [1.165, 1.54) is 44.9 Å². The predicted octanol–water partition coefficient (Wildman–Crippen LogP) is 3.46. The van der Waals surface area contributed by atoms with Crippen LogP contribution in [0.1, 0.15) is 58.8 Å². The monoisotopic (exact) mass is 249 g/mol. The molecular formula is C16H27NO. The molecule has 3 rings (SSSR count). The summed E-state index contributed by atoms with van der Waals surface area (Å²) in [5.41, 5.74) is 0.116. The van der Waals surface area contributed by atoms with Crippen LogP contribution in [0.25, 0.3) is 0 Å². The Morgan fingerprint density at radius 1 is 1.11 bits per heavy atom. The topological polar surface area (TPSA) is 20.3 Å². The SMILES string of the molecule is CC(C)C1CCN(C(=O)C2(C3CC3)CCC2)CC1. The number of likely N-dealkylation sites (tertiary alicyclic amines) is 1. The Bertz CT molecular complexity index is 320. The van der Waals surface area contributed by atoms with E-state index in [2.05, 4.69) is 18.7 Å². The van der Waals surface area contributed by atoms with E-state index in [0.29, 0.717) is 5.91 Å². The smallest absolute Gasteiger partial charge is 0.229 e. The lowest BCUT2D eigenvalue weighted by atomic mass is 9.64. The van der Waals surface area contributed by atoms with E-state index in [9.17, 15) is 4.79 Å². The summed E-state index contributed by atoms with van der Waals surface area (Å²) in [6.07, 6.45) is 8.72. The largest absolute Gasteiger partial charge is 0.342 e. The second kappa shape index (κ2) is 4.54. The molecule has 2 nitrogen and oxygen atoms in total. The number of rotatable bonds is 3. The van der Waals surface area contributed by atoms with Gasteiger partial charge in [-0.2, -0.15) is 0 Å². The molecule has 0 atom stereocenters. The summed E-state index contributed by atoms with van der Waals surface area (Å²) >= 11 is 0. The quantitative estimate of drug-likeness (QED) is 0.750. The van der Waals surface area contributed by atoms with Gasteiger partial charge in [0.05, 0.1) is 5.41 Å². The lowest BCUT2D eigenvalue weighted by molar-refractivity contribution is -0.151. The normalized spacial score (nSPS) is 28.3. The molecule has 0 aromatic heterocycles. The molecule has 0 spiro atoms. The highest BCUT2D eigenvalue weighted by molar-refractivity contribution is 5.84. The first-order valence-corrected chi connectivity index (χ1v) is 7.93. The Balaban J connectivity index is 1.60. The zero-order valence-corrected chi connectivity index (χ0v) is 12.0. The van der Waals surface area contributed by atoms with E-state index >= 15 is 0 Å². The van der Waals surface area contributed by atoms with Crippen LogP contribution in [0.5, 0.6) is 0 Å². The van der Waals surface area contributed by atoms with Crippen LogP contribution in [0, 0.1) is 23.2 Å². The number of piperidine rings is 1. The van der Waals surface area contributed by atoms with E-state index in [-0.39, 0.29) is 5.41 Å². The molecule has 1 saturated heterocycles. The Morgan fingerprint density at radius 2 is 1.72 bits per heavy atom. The predicted molar refractivity (Wildman–Crippen MR) is 73.2 cm³/mol. The van der Waals surface area contributed by atoms with E-state index in [1.807, 2.05) is 0 Å². The Morgan fingerprint density at radius 3 is 2.11 bits per heavy atom. The van der Waals surface area contributed by atoms with Crippen LogP contribution in [-0.2, 0) is 4.79 Å². The zero-order valence-electron chi connectivity index (χ0n) is 12.0. The Kier molecular flexibility index (Phi) is 3.15. The van der Waals surface area contributed by atoms with Crippen LogP contribution in [0.15, 0.2) is 0 Å². The number of hydrogen-bond donors (Lipinski definition) is 0.